The molecule has 0 saturated heterocycles. The maximum absolute atomic E-state index is 13.2. The molecule has 0 atom stereocenters. The summed E-state index contributed by atoms with van der Waals surface area (Å²) in [6.45, 7) is 0. The number of carbonyl (C=O) groups is 1. The van der Waals surface area contributed by atoms with E-state index in [0.29, 0.717) is 4.31 Å². The molecule has 8 heteroatoms. The number of sulfonamides is 1. The summed E-state index contributed by atoms with van der Waals surface area (Å²) in [7, 11) is -4.28. The minimum atomic E-state index is -4.28. The molecule has 0 unspecified atom stereocenters. The molecule has 0 aromatic heterocycles. The molecule has 3 rings (SSSR count). The molecule has 3 aromatic carbocycles. The Morgan fingerprint density at radius 1 is 0.815 bits per heavy atom. The van der Waals surface area contributed by atoms with Crippen molar-refractivity contribution >= 4 is 27.3 Å². The third kappa shape index (κ3) is 3.56. The fourth-order valence-electron chi connectivity index (χ4n) is 2.55. The van der Waals surface area contributed by atoms with Gasteiger partial charge in [0.2, 0.25) is 0 Å². The summed E-state index contributed by atoms with van der Waals surface area (Å²) >= 11 is 0. The van der Waals surface area contributed by atoms with Gasteiger partial charge in [-0.1, -0.05) is 48.5 Å². The normalized spacial score (nSPS) is 11.0. The highest BCUT2D eigenvalue weighted by Crippen LogP contribution is 2.28. The van der Waals surface area contributed by atoms with Crippen molar-refractivity contribution in [1.29, 1.82) is 0 Å². The number of benzene rings is 3. The van der Waals surface area contributed by atoms with Gasteiger partial charge in [-0.2, -0.15) is 4.31 Å². The van der Waals surface area contributed by atoms with Gasteiger partial charge in [-0.15, -0.1) is 0 Å². The van der Waals surface area contributed by atoms with Crippen LogP contribution in [-0.2, 0) is 10.0 Å². The van der Waals surface area contributed by atoms with Crippen LogP contribution in [0, 0.1) is 10.1 Å². The van der Waals surface area contributed by atoms with Crippen molar-refractivity contribution in [2.45, 2.75) is 4.90 Å². The molecule has 0 aliphatic carbocycles. The van der Waals surface area contributed by atoms with Gasteiger partial charge in [0, 0.05) is 6.07 Å². The van der Waals surface area contributed by atoms with Crippen LogP contribution >= 0.6 is 0 Å². The number of hydrogen-bond donors (Lipinski definition) is 0. The molecule has 27 heavy (non-hydrogen) atoms. The smallest absolute Gasteiger partial charge is 0.267 e. The first-order valence-electron chi connectivity index (χ1n) is 7.86. The van der Waals surface area contributed by atoms with Crippen LogP contribution in [0.5, 0.6) is 0 Å². The summed E-state index contributed by atoms with van der Waals surface area (Å²) in [5.74, 6) is -1.00. The van der Waals surface area contributed by atoms with Crippen LogP contribution < -0.4 is 4.31 Å². The van der Waals surface area contributed by atoms with Gasteiger partial charge < -0.3 is 0 Å². The van der Waals surface area contributed by atoms with E-state index < -0.39 is 26.5 Å². The van der Waals surface area contributed by atoms with E-state index in [4.69, 9.17) is 0 Å². The van der Waals surface area contributed by atoms with Crippen molar-refractivity contribution in [3.8, 4) is 0 Å². The molecule has 0 radical (unpaired) electrons. The average Bonchev–Trinajstić information content (AvgIpc) is 2.69. The van der Waals surface area contributed by atoms with Crippen LogP contribution in [0.2, 0.25) is 0 Å². The van der Waals surface area contributed by atoms with Crippen molar-refractivity contribution < 1.29 is 18.1 Å². The number of carbonyl (C=O) groups excluding carboxylic acids is 1. The largest absolute Gasteiger partial charge is 0.282 e. The number of rotatable bonds is 5. The summed E-state index contributed by atoms with van der Waals surface area (Å²) in [6, 6.07) is 20.4. The van der Waals surface area contributed by atoms with E-state index in [2.05, 4.69) is 0 Å². The van der Waals surface area contributed by atoms with Gasteiger partial charge in [-0.3, -0.25) is 14.9 Å². The first-order valence-corrected chi connectivity index (χ1v) is 9.30. The van der Waals surface area contributed by atoms with Gasteiger partial charge in [0.05, 0.1) is 15.5 Å². The Bertz CT molecular complexity index is 1080. The number of hydrogen-bond acceptors (Lipinski definition) is 5. The molecular formula is C19H14N2O5S. The van der Waals surface area contributed by atoms with Crippen LogP contribution in [0.3, 0.4) is 0 Å². The predicted octanol–water partition coefficient (Wildman–Crippen LogP) is 3.63. The van der Waals surface area contributed by atoms with Gasteiger partial charge >= 0.3 is 0 Å². The van der Waals surface area contributed by atoms with Crippen molar-refractivity contribution in [2.75, 3.05) is 4.31 Å². The Morgan fingerprint density at radius 3 is 1.93 bits per heavy atom. The maximum Gasteiger partial charge on any atom is 0.282 e. The lowest BCUT2D eigenvalue weighted by molar-refractivity contribution is -0.385. The summed E-state index contributed by atoms with van der Waals surface area (Å²) in [5, 5.41) is 11.3. The number of amides is 1. The number of nitro benzene ring substituents is 1. The molecule has 0 N–H and O–H groups in total. The molecule has 0 aliphatic rings. The lowest BCUT2D eigenvalue weighted by Crippen LogP contribution is -2.37. The molecule has 0 bridgehead atoms. The van der Waals surface area contributed by atoms with E-state index in [0.717, 1.165) is 6.07 Å². The lowest BCUT2D eigenvalue weighted by Gasteiger charge is -2.22. The highest BCUT2D eigenvalue weighted by molar-refractivity contribution is 7.93. The van der Waals surface area contributed by atoms with Crippen LogP contribution in [0.15, 0.2) is 89.8 Å². The molecule has 0 spiro atoms. The Morgan fingerprint density at radius 2 is 1.33 bits per heavy atom. The summed E-state index contributed by atoms with van der Waals surface area (Å²) in [5.41, 5.74) is -0.693. The van der Waals surface area contributed by atoms with Gasteiger partial charge in [0.25, 0.3) is 21.6 Å². The first kappa shape index (κ1) is 18.3. The minimum Gasteiger partial charge on any atom is -0.267 e. The monoisotopic (exact) mass is 382 g/mol. The summed E-state index contributed by atoms with van der Waals surface area (Å²) in [4.78, 5) is 23.6. The molecule has 3 aromatic rings. The van der Waals surface area contributed by atoms with Crippen LogP contribution in [0.25, 0.3) is 0 Å². The maximum atomic E-state index is 13.2. The quantitative estimate of drug-likeness (QED) is 0.496. The zero-order valence-electron chi connectivity index (χ0n) is 13.9. The highest BCUT2D eigenvalue weighted by atomic mass is 32.2. The first-order chi connectivity index (χ1) is 12.9. The summed E-state index contributed by atoms with van der Waals surface area (Å²) < 4.78 is 26.9. The van der Waals surface area contributed by atoms with E-state index >= 15 is 0 Å². The fraction of sp³-hybridized carbons (Fsp3) is 0. The SMILES string of the molecule is O=C(c1ccccc1[N+](=O)[O-])N(c1ccccc1)S(=O)(=O)c1ccccc1. The van der Waals surface area contributed by atoms with Crippen LogP contribution in [0.4, 0.5) is 11.4 Å². The van der Waals surface area contributed by atoms with E-state index in [9.17, 15) is 23.3 Å². The van der Waals surface area contributed by atoms with E-state index in [-0.39, 0.29) is 16.1 Å². The predicted molar refractivity (Wildman–Crippen MR) is 100.0 cm³/mol. The fourth-order valence-corrected chi connectivity index (χ4v) is 3.98. The zero-order chi connectivity index (χ0) is 19.4. The minimum absolute atomic E-state index is 0.0875. The Hall–Kier alpha value is -3.52. The second-order valence-electron chi connectivity index (χ2n) is 5.50. The van der Waals surface area contributed by atoms with Crippen molar-refractivity contribution in [3.63, 3.8) is 0 Å². The van der Waals surface area contributed by atoms with E-state index in [1.54, 1.807) is 24.3 Å². The van der Waals surface area contributed by atoms with Crippen molar-refractivity contribution in [1.82, 2.24) is 0 Å². The third-order valence-electron chi connectivity index (χ3n) is 3.79. The molecular weight excluding hydrogens is 368 g/mol. The van der Waals surface area contributed by atoms with Crippen molar-refractivity contribution in [2.24, 2.45) is 0 Å². The van der Waals surface area contributed by atoms with E-state index in [1.807, 2.05) is 0 Å². The zero-order valence-corrected chi connectivity index (χ0v) is 14.7. The molecule has 0 heterocycles. The molecule has 0 aliphatic heterocycles. The number of para-hydroxylation sites is 2. The van der Waals surface area contributed by atoms with Crippen LogP contribution in [0.1, 0.15) is 10.4 Å². The van der Waals surface area contributed by atoms with Gasteiger partial charge in [0.15, 0.2) is 0 Å². The van der Waals surface area contributed by atoms with Crippen LogP contribution in [-0.4, -0.2) is 19.2 Å². The lowest BCUT2D eigenvalue weighted by atomic mass is 10.1. The summed E-state index contributed by atoms with van der Waals surface area (Å²) in [6.07, 6.45) is 0. The molecule has 0 saturated carbocycles. The Kier molecular flexibility index (Phi) is 5.00. The topological polar surface area (TPSA) is 97.6 Å². The van der Waals surface area contributed by atoms with Gasteiger partial charge in [-0.25, -0.2) is 8.42 Å². The third-order valence-corrected chi connectivity index (χ3v) is 5.51. The number of anilines is 1. The highest BCUT2D eigenvalue weighted by Gasteiger charge is 2.34. The number of nitro groups is 1. The molecule has 7 nitrogen and oxygen atoms in total. The Balaban J connectivity index is 2.21. The second-order valence-corrected chi connectivity index (χ2v) is 7.28. The Labute approximate surface area is 155 Å². The number of nitrogens with zero attached hydrogens (tertiary/aromatic N) is 2. The second kappa shape index (κ2) is 7.38. The van der Waals surface area contributed by atoms with Gasteiger partial charge in [-0.05, 0) is 30.3 Å². The molecule has 1 amide bonds. The van der Waals surface area contributed by atoms with E-state index in [1.165, 1.54) is 54.6 Å². The van der Waals surface area contributed by atoms with Crippen molar-refractivity contribution in [3.05, 3.63) is 101 Å². The average molecular weight is 382 g/mol. The molecule has 136 valence electrons. The standard InChI is InChI=1S/C19H14N2O5S/c22-19(17-13-7-8-14-18(17)21(23)24)20(15-9-3-1-4-10-15)27(25,26)16-11-5-2-6-12-16/h1-14H. The van der Waals surface area contributed by atoms with Gasteiger partial charge in [0.1, 0.15) is 5.56 Å². The molecule has 0 fully saturated rings.